The molecule has 1 unspecified atom stereocenters. The van der Waals surface area contributed by atoms with E-state index >= 15 is 0 Å². The van der Waals surface area contributed by atoms with Crippen molar-refractivity contribution < 1.29 is 14.6 Å². The summed E-state index contributed by atoms with van der Waals surface area (Å²) in [5.41, 5.74) is 1.26. The Morgan fingerprint density at radius 1 is 1.50 bits per heavy atom. The molecule has 2 N–H and O–H groups in total. The van der Waals surface area contributed by atoms with E-state index in [0.29, 0.717) is 19.8 Å². The molecule has 0 aromatic carbocycles. The van der Waals surface area contributed by atoms with Crippen LogP contribution in [0.25, 0.3) is 0 Å². The molecule has 1 aliphatic rings. The number of aliphatic hydroxyl groups excluding tert-OH is 1. The Balaban J connectivity index is 1.77. The first kappa shape index (κ1) is 17.4. The Morgan fingerprint density at radius 3 is 2.91 bits per heavy atom. The lowest BCUT2D eigenvalue weighted by Gasteiger charge is -2.28. The van der Waals surface area contributed by atoms with Crippen LogP contribution in [0.2, 0.25) is 0 Å². The van der Waals surface area contributed by atoms with E-state index in [0.717, 1.165) is 30.8 Å². The Labute approximate surface area is 136 Å². The van der Waals surface area contributed by atoms with Gasteiger partial charge in [0.1, 0.15) is 0 Å². The molecule has 0 bridgehead atoms. The highest BCUT2D eigenvalue weighted by molar-refractivity contribution is 7.14. The number of thiophene rings is 1. The number of morpholine rings is 1. The number of carbonyl (C=O) groups is 1. The maximum atomic E-state index is 12.2. The van der Waals surface area contributed by atoms with Crippen molar-refractivity contribution in [3.63, 3.8) is 0 Å². The molecule has 1 fully saturated rings. The number of hydrogen-bond acceptors (Lipinski definition) is 5. The molecule has 2 rings (SSSR count). The van der Waals surface area contributed by atoms with Crippen LogP contribution in [0, 0.1) is 6.92 Å². The second-order valence-corrected chi connectivity index (χ2v) is 6.98. The van der Waals surface area contributed by atoms with Crippen molar-refractivity contribution in [1.29, 1.82) is 0 Å². The summed E-state index contributed by atoms with van der Waals surface area (Å²) in [5.74, 6) is -0.0866. The fourth-order valence-corrected chi connectivity index (χ4v) is 3.58. The zero-order valence-corrected chi connectivity index (χ0v) is 14.2. The average Bonchev–Trinajstić information content (AvgIpc) is 2.87. The van der Waals surface area contributed by atoms with E-state index in [4.69, 9.17) is 4.74 Å². The van der Waals surface area contributed by atoms with Gasteiger partial charge in [-0.3, -0.25) is 9.69 Å². The molecule has 0 spiro atoms. The van der Waals surface area contributed by atoms with Crippen LogP contribution in [0.1, 0.15) is 33.5 Å². The maximum absolute atomic E-state index is 12.2. The third kappa shape index (κ3) is 5.05. The van der Waals surface area contributed by atoms with Crippen molar-refractivity contribution in [2.75, 3.05) is 39.4 Å². The standard InChI is InChI=1S/C16H26N2O3S/c1-3-4-13-9-15(22-12(13)2)16(20)17-10-14(19)11-18-5-7-21-8-6-18/h9,14,19H,3-8,10-11H2,1-2H3,(H,17,20). The lowest BCUT2D eigenvalue weighted by molar-refractivity contribution is 0.0149. The molecule has 124 valence electrons. The van der Waals surface area contributed by atoms with Gasteiger partial charge in [0.2, 0.25) is 0 Å². The molecule has 2 heterocycles. The number of rotatable bonds is 7. The molecule has 0 radical (unpaired) electrons. The van der Waals surface area contributed by atoms with Gasteiger partial charge >= 0.3 is 0 Å². The summed E-state index contributed by atoms with van der Waals surface area (Å²) in [4.78, 5) is 16.3. The first-order chi connectivity index (χ1) is 10.6. The van der Waals surface area contributed by atoms with E-state index in [-0.39, 0.29) is 12.5 Å². The lowest BCUT2D eigenvalue weighted by atomic mass is 10.1. The molecule has 5 nitrogen and oxygen atoms in total. The number of hydrogen-bond donors (Lipinski definition) is 2. The number of ether oxygens (including phenoxy) is 1. The van der Waals surface area contributed by atoms with E-state index in [1.165, 1.54) is 21.8 Å². The van der Waals surface area contributed by atoms with Gasteiger partial charge in [0, 0.05) is 31.1 Å². The van der Waals surface area contributed by atoms with Gasteiger partial charge in [-0.2, -0.15) is 0 Å². The van der Waals surface area contributed by atoms with Gasteiger partial charge < -0.3 is 15.2 Å². The lowest BCUT2D eigenvalue weighted by Crippen LogP contribution is -2.44. The van der Waals surface area contributed by atoms with Crippen LogP contribution < -0.4 is 5.32 Å². The van der Waals surface area contributed by atoms with E-state index in [2.05, 4.69) is 24.1 Å². The minimum absolute atomic E-state index is 0.0866. The minimum atomic E-state index is -0.543. The predicted octanol–water partition coefficient (Wildman–Crippen LogP) is 1.43. The van der Waals surface area contributed by atoms with E-state index in [1.807, 2.05) is 6.07 Å². The molecular formula is C16H26N2O3S. The summed E-state index contributed by atoms with van der Waals surface area (Å²) in [6.07, 6.45) is 1.55. The van der Waals surface area contributed by atoms with Gasteiger partial charge in [-0.1, -0.05) is 13.3 Å². The van der Waals surface area contributed by atoms with E-state index in [9.17, 15) is 9.90 Å². The number of nitrogens with zero attached hydrogens (tertiary/aromatic N) is 1. The number of carbonyl (C=O) groups excluding carboxylic acids is 1. The smallest absolute Gasteiger partial charge is 0.261 e. The molecule has 0 aliphatic carbocycles. The van der Waals surface area contributed by atoms with Crippen LogP contribution in [-0.4, -0.2) is 61.4 Å². The monoisotopic (exact) mass is 326 g/mol. The Hall–Kier alpha value is -0.950. The largest absolute Gasteiger partial charge is 0.390 e. The summed E-state index contributed by atoms with van der Waals surface area (Å²) in [6.45, 7) is 8.18. The van der Waals surface area contributed by atoms with E-state index < -0.39 is 6.10 Å². The molecule has 1 aromatic heterocycles. The van der Waals surface area contributed by atoms with Gasteiger partial charge in [0.05, 0.1) is 24.2 Å². The van der Waals surface area contributed by atoms with Gasteiger partial charge in [-0.25, -0.2) is 0 Å². The molecule has 22 heavy (non-hydrogen) atoms. The molecule has 1 amide bonds. The minimum Gasteiger partial charge on any atom is -0.390 e. The first-order valence-corrected chi connectivity index (χ1v) is 8.77. The normalized spacial score (nSPS) is 17.4. The van der Waals surface area contributed by atoms with Crippen LogP contribution in [0.3, 0.4) is 0 Å². The van der Waals surface area contributed by atoms with Gasteiger partial charge in [0.15, 0.2) is 0 Å². The third-order valence-corrected chi connectivity index (χ3v) is 4.93. The molecule has 6 heteroatoms. The third-order valence-electron chi connectivity index (χ3n) is 3.83. The molecular weight excluding hydrogens is 300 g/mol. The molecule has 1 aromatic rings. The number of nitrogens with one attached hydrogen (secondary N) is 1. The van der Waals surface area contributed by atoms with Gasteiger partial charge in [0.25, 0.3) is 5.91 Å². The van der Waals surface area contributed by atoms with Crippen molar-refractivity contribution in [3.05, 3.63) is 21.4 Å². The molecule has 1 atom stereocenters. The number of amides is 1. The Kier molecular flexibility index (Phi) is 6.82. The van der Waals surface area contributed by atoms with Crippen LogP contribution in [0.5, 0.6) is 0 Å². The maximum Gasteiger partial charge on any atom is 0.261 e. The average molecular weight is 326 g/mol. The van der Waals surface area contributed by atoms with Crippen LogP contribution in [0.4, 0.5) is 0 Å². The SMILES string of the molecule is CCCc1cc(C(=O)NCC(O)CN2CCOCC2)sc1C. The quantitative estimate of drug-likeness (QED) is 0.796. The zero-order chi connectivity index (χ0) is 15.9. The highest BCUT2D eigenvalue weighted by Crippen LogP contribution is 2.22. The second-order valence-electron chi connectivity index (χ2n) is 5.72. The van der Waals surface area contributed by atoms with Crippen molar-refractivity contribution in [2.24, 2.45) is 0 Å². The number of β-amino-alcohol motifs (C(OH)–C–C–N with tert-alkyl or cyclic N) is 1. The summed E-state index contributed by atoms with van der Waals surface area (Å²) in [5, 5.41) is 12.9. The van der Waals surface area contributed by atoms with Gasteiger partial charge in [-0.05, 0) is 25.0 Å². The Morgan fingerprint density at radius 2 is 2.23 bits per heavy atom. The Bertz CT molecular complexity index is 484. The second kappa shape index (κ2) is 8.62. The van der Waals surface area contributed by atoms with E-state index in [1.54, 1.807) is 0 Å². The summed E-state index contributed by atoms with van der Waals surface area (Å²) < 4.78 is 5.28. The highest BCUT2D eigenvalue weighted by atomic mass is 32.1. The zero-order valence-electron chi connectivity index (χ0n) is 13.4. The van der Waals surface area contributed by atoms with Crippen LogP contribution >= 0.6 is 11.3 Å². The summed E-state index contributed by atoms with van der Waals surface area (Å²) in [7, 11) is 0. The summed E-state index contributed by atoms with van der Waals surface area (Å²) in [6, 6.07) is 1.98. The molecule has 1 aliphatic heterocycles. The van der Waals surface area contributed by atoms with Crippen molar-refractivity contribution >= 4 is 17.2 Å². The topological polar surface area (TPSA) is 61.8 Å². The fraction of sp³-hybridized carbons (Fsp3) is 0.688. The first-order valence-electron chi connectivity index (χ1n) is 7.95. The predicted molar refractivity (Wildman–Crippen MR) is 88.7 cm³/mol. The van der Waals surface area contributed by atoms with Crippen LogP contribution in [0.15, 0.2) is 6.07 Å². The number of aryl methyl sites for hydroxylation is 2. The van der Waals surface area contributed by atoms with Crippen molar-refractivity contribution in [3.8, 4) is 0 Å². The van der Waals surface area contributed by atoms with Crippen molar-refractivity contribution in [2.45, 2.75) is 32.8 Å². The highest BCUT2D eigenvalue weighted by Gasteiger charge is 2.17. The number of aliphatic hydroxyl groups is 1. The van der Waals surface area contributed by atoms with Gasteiger partial charge in [-0.15, -0.1) is 11.3 Å². The van der Waals surface area contributed by atoms with Crippen molar-refractivity contribution in [1.82, 2.24) is 10.2 Å². The summed E-state index contributed by atoms with van der Waals surface area (Å²) >= 11 is 1.53. The molecule has 0 saturated carbocycles. The van der Waals surface area contributed by atoms with Crippen LogP contribution in [-0.2, 0) is 11.2 Å². The fourth-order valence-electron chi connectivity index (χ4n) is 2.59. The molecule has 1 saturated heterocycles.